The molecule has 5 nitrogen and oxygen atoms in total. The van der Waals surface area contributed by atoms with E-state index in [1.807, 2.05) is 12.4 Å². The van der Waals surface area contributed by atoms with E-state index in [4.69, 9.17) is 4.74 Å². The van der Waals surface area contributed by atoms with Crippen LogP contribution < -0.4 is 0 Å². The zero-order valence-corrected chi connectivity index (χ0v) is 13.6. The van der Waals surface area contributed by atoms with Crippen LogP contribution in [0.25, 0.3) is 5.69 Å². The number of aromatic nitrogens is 2. The molecule has 0 bridgehead atoms. The lowest BCUT2D eigenvalue weighted by Crippen LogP contribution is -2.26. The number of aryl methyl sites for hydroxylation is 1. The number of hydrogen-bond donors (Lipinski definition) is 0. The molecule has 3 rings (SSSR count). The van der Waals surface area contributed by atoms with Gasteiger partial charge in [0.05, 0.1) is 12.2 Å². The van der Waals surface area contributed by atoms with Crippen LogP contribution in [-0.2, 0) is 4.74 Å². The van der Waals surface area contributed by atoms with E-state index in [0.29, 0.717) is 19.7 Å². The van der Waals surface area contributed by atoms with Crippen LogP contribution in [0.2, 0.25) is 0 Å². The average Bonchev–Trinajstić information content (AvgIpc) is 3.12. The van der Waals surface area contributed by atoms with Gasteiger partial charge in [-0.3, -0.25) is 4.57 Å². The number of carbonyl (C=O) groups excluding carboxylic acids is 1. The van der Waals surface area contributed by atoms with Crippen molar-refractivity contribution in [3.8, 4) is 5.69 Å². The van der Waals surface area contributed by atoms with Crippen LogP contribution in [0.1, 0.15) is 11.1 Å². The third-order valence-corrected chi connectivity index (χ3v) is 4.83. The van der Waals surface area contributed by atoms with E-state index in [1.165, 1.54) is 11.1 Å². The number of cyclic esters (lactones) is 1. The van der Waals surface area contributed by atoms with E-state index >= 15 is 0 Å². The van der Waals surface area contributed by atoms with Crippen LogP contribution in [0.5, 0.6) is 0 Å². The fourth-order valence-electron chi connectivity index (χ4n) is 2.45. The Kier molecular flexibility index (Phi) is 4.38. The number of rotatable bonds is 5. The highest BCUT2D eigenvalue weighted by molar-refractivity contribution is 7.99. The fraction of sp³-hybridized carbons (Fsp3) is 0.375. The van der Waals surface area contributed by atoms with Gasteiger partial charge in [-0.2, -0.15) is 0 Å². The van der Waals surface area contributed by atoms with Gasteiger partial charge in [-0.05, 0) is 31.0 Å². The molecule has 6 heteroatoms. The van der Waals surface area contributed by atoms with Crippen LogP contribution in [0.4, 0.5) is 4.79 Å². The molecule has 2 aromatic rings. The molecule has 1 aromatic heterocycles. The Balaban J connectivity index is 1.70. The van der Waals surface area contributed by atoms with E-state index in [2.05, 4.69) is 41.6 Å². The summed E-state index contributed by atoms with van der Waals surface area (Å²) in [6.07, 6.45) is 3.58. The molecule has 1 amide bonds. The third-order valence-electron chi connectivity index (χ3n) is 3.88. The number of hydrogen-bond acceptors (Lipinski definition) is 4. The molecule has 1 aromatic carbocycles. The van der Waals surface area contributed by atoms with Crippen molar-refractivity contribution in [3.63, 3.8) is 0 Å². The summed E-state index contributed by atoms with van der Waals surface area (Å²) in [6.45, 7) is 6.11. The SMILES string of the molecule is Cc1cccc(-n2ccnc2SCCN2CCOC2=O)c1C. The molecule has 0 N–H and O–H groups in total. The Bertz CT molecular complexity index is 684. The van der Waals surface area contributed by atoms with Crippen molar-refractivity contribution in [1.82, 2.24) is 14.5 Å². The van der Waals surface area contributed by atoms with Crippen molar-refractivity contribution in [2.24, 2.45) is 0 Å². The molecule has 1 fully saturated rings. The van der Waals surface area contributed by atoms with Crippen molar-refractivity contribution in [3.05, 3.63) is 41.7 Å². The first-order valence-corrected chi connectivity index (χ1v) is 8.30. The smallest absolute Gasteiger partial charge is 0.409 e. The van der Waals surface area contributed by atoms with E-state index in [9.17, 15) is 4.79 Å². The number of carbonyl (C=O) groups is 1. The predicted octanol–water partition coefficient (Wildman–Crippen LogP) is 3.03. The second-order valence-electron chi connectivity index (χ2n) is 5.25. The number of benzene rings is 1. The summed E-state index contributed by atoms with van der Waals surface area (Å²) in [5.74, 6) is 0.803. The molecular formula is C16H19N3O2S. The molecule has 0 spiro atoms. The highest BCUT2D eigenvalue weighted by Gasteiger charge is 2.21. The number of thioether (sulfide) groups is 1. The molecule has 0 saturated carbocycles. The zero-order chi connectivity index (χ0) is 15.5. The van der Waals surface area contributed by atoms with Gasteiger partial charge in [-0.1, -0.05) is 23.9 Å². The molecule has 0 aliphatic carbocycles. The summed E-state index contributed by atoms with van der Waals surface area (Å²) in [7, 11) is 0. The van der Waals surface area contributed by atoms with Gasteiger partial charge in [0.25, 0.3) is 0 Å². The van der Waals surface area contributed by atoms with E-state index in [-0.39, 0.29) is 6.09 Å². The lowest BCUT2D eigenvalue weighted by atomic mass is 10.1. The Morgan fingerprint density at radius 3 is 3.00 bits per heavy atom. The van der Waals surface area contributed by atoms with Gasteiger partial charge in [0, 0.05) is 24.7 Å². The normalized spacial score (nSPS) is 14.5. The molecule has 0 unspecified atom stereocenters. The van der Waals surface area contributed by atoms with Crippen LogP contribution in [0.15, 0.2) is 35.7 Å². The molecule has 1 aliphatic heterocycles. The monoisotopic (exact) mass is 317 g/mol. The van der Waals surface area contributed by atoms with Crippen LogP contribution in [0.3, 0.4) is 0 Å². The van der Waals surface area contributed by atoms with Gasteiger partial charge in [0.2, 0.25) is 0 Å². The number of ether oxygens (including phenoxy) is 1. The highest BCUT2D eigenvalue weighted by atomic mass is 32.2. The minimum atomic E-state index is -0.210. The van der Waals surface area contributed by atoms with Crippen LogP contribution in [-0.4, -0.2) is 46.0 Å². The first-order valence-electron chi connectivity index (χ1n) is 7.31. The van der Waals surface area contributed by atoms with Gasteiger partial charge >= 0.3 is 6.09 Å². The fourth-order valence-corrected chi connectivity index (χ4v) is 3.38. The van der Waals surface area contributed by atoms with E-state index in [0.717, 1.165) is 16.6 Å². The maximum atomic E-state index is 11.4. The van der Waals surface area contributed by atoms with Gasteiger partial charge in [-0.25, -0.2) is 9.78 Å². The predicted molar refractivity (Wildman–Crippen MR) is 86.7 cm³/mol. The standard InChI is InChI=1S/C16H19N3O2S/c1-12-4-3-5-14(13(12)2)19-7-6-17-15(19)22-11-9-18-8-10-21-16(18)20/h3-7H,8-11H2,1-2H3. The molecule has 1 saturated heterocycles. The van der Waals surface area contributed by atoms with Gasteiger partial charge in [-0.15, -0.1) is 0 Å². The summed E-state index contributed by atoms with van der Waals surface area (Å²) in [5.41, 5.74) is 3.67. The maximum absolute atomic E-state index is 11.4. The van der Waals surface area contributed by atoms with Gasteiger partial charge in [0.1, 0.15) is 6.61 Å². The summed E-state index contributed by atoms with van der Waals surface area (Å²) in [6, 6.07) is 6.28. The largest absolute Gasteiger partial charge is 0.448 e. The average molecular weight is 317 g/mol. The summed E-state index contributed by atoms with van der Waals surface area (Å²) in [4.78, 5) is 17.6. The molecule has 0 radical (unpaired) electrons. The Labute approximate surface area is 134 Å². The zero-order valence-electron chi connectivity index (χ0n) is 12.8. The van der Waals surface area contributed by atoms with E-state index in [1.54, 1.807) is 16.7 Å². The quantitative estimate of drug-likeness (QED) is 0.795. The molecule has 0 atom stereocenters. The van der Waals surface area contributed by atoms with Crippen molar-refractivity contribution >= 4 is 17.9 Å². The second-order valence-corrected chi connectivity index (χ2v) is 6.31. The van der Waals surface area contributed by atoms with Crippen LogP contribution >= 0.6 is 11.8 Å². The Morgan fingerprint density at radius 2 is 2.23 bits per heavy atom. The minimum absolute atomic E-state index is 0.210. The third kappa shape index (κ3) is 2.97. The highest BCUT2D eigenvalue weighted by Crippen LogP contribution is 2.24. The number of imidazole rings is 1. The molecule has 2 heterocycles. The van der Waals surface area contributed by atoms with Crippen molar-refractivity contribution in [2.45, 2.75) is 19.0 Å². The lowest BCUT2D eigenvalue weighted by molar-refractivity contribution is 0.160. The van der Waals surface area contributed by atoms with E-state index < -0.39 is 0 Å². The minimum Gasteiger partial charge on any atom is -0.448 e. The number of nitrogens with zero attached hydrogens (tertiary/aromatic N) is 3. The maximum Gasteiger partial charge on any atom is 0.409 e. The van der Waals surface area contributed by atoms with Crippen molar-refractivity contribution < 1.29 is 9.53 Å². The van der Waals surface area contributed by atoms with Gasteiger partial charge < -0.3 is 9.64 Å². The Morgan fingerprint density at radius 1 is 1.36 bits per heavy atom. The lowest BCUT2D eigenvalue weighted by Gasteiger charge is -2.14. The molecule has 1 aliphatic rings. The van der Waals surface area contributed by atoms with Crippen molar-refractivity contribution in [1.29, 1.82) is 0 Å². The Hall–Kier alpha value is -1.95. The summed E-state index contributed by atoms with van der Waals surface area (Å²) in [5, 5.41) is 0.946. The summed E-state index contributed by atoms with van der Waals surface area (Å²) >= 11 is 1.65. The molecule has 22 heavy (non-hydrogen) atoms. The van der Waals surface area contributed by atoms with Crippen molar-refractivity contribution in [2.75, 3.05) is 25.4 Å². The first kappa shape index (κ1) is 15.0. The summed E-state index contributed by atoms with van der Waals surface area (Å²) < 4.78 is 7.04. The topological polar surface area (TPSA) is 47.4 Å². The first-order chi connectivity index (χ1) is 10.7. The molecular weight excluding hydrogens is 298 g/mol. The van der Waals surface area contributed by atoms with Crippen LogP contribution in [0, 0.1) is 13.8 Å². The van der Waals surface area contributed by atoms with Gasteiger partial charge in [0.15, 0.2) is 5.16 Å². The second kappa shape index (κ2) is 6.44. The number of amides is 1. The molecule has 116 valence electrons.